The average molecular weight is 334 g/mol. The molecule has 1 aromatic carbocycles. The van der Waals surface area contributed by atoms with Crippen molar-refractivity contribution in [3.63, 3.8) is 0 Å². The Labute approximate surface area is 128 Å². The predicted octanol–water partition coefficient (Wildman–Crippen LogP) is 3.20. The quantitative estimate of drug-likeness (QED) is 0.652. The van der Waals surface area contributed by atoms with Gasteiger partial charge in [0.05, 0.1) is 0 Å². The van der Waals surface area contributed by atoms with Gasteiger partial charge >= 0.3 is 0 Å². The lowest BCUT2D eigenvalue weighted by molar-refractivity contribution is 0.341. The van der Waals surface area contributed by atoms with Crippen LogP contribution in [0.1, 0.15) is 25.0 Å². The van der Waals surface area contributed by atoms with Crippen LogP contribution in [0, 0.1) is 0 Å². The fourth-order valence-corrected chi connectivity index (χ4v) is 2.81. The van der Waals surface area contributed by atoms with E-state index in [4.69, 9.17) is 5.84 Å². The van der Waals surface area contributed by atoms with Crippen LogP contribution >= 0.6 is 15.9 Å². The molecule has 4 heteroatoms. The van der Waals surface area contributed by atoms with Crippen molar-refractivity contribution in [2.75, 3.05) is 0 Å². The highest BCUT2D eigenvalue weighted by atomic mass is 79.9. The Morgan fingerprint density at radius 3 is 2.55 bits per heavy atom. The Hall–Kier alpha value is -1.23. The zero-order chi connectivity index (χ0) is 14.6. The van der Waals surface area contributed by atoms with Gasteiger partial charge in [-0.15, -0.1) is 0 Å². The van der Waals surface area contributed by atoms with Crippen LogP contribution < -0.4 is 11.3 Å². The molecule has 0 fully saturated rings. The van der Waals surface area contributed by atoms with E-state index in [-0.39, 0.29) is 11.5 Å². The number of nitrogens with zero attached hydrogens (tertiary/aromatic N) is 1. The monoisotopic (exact) mass is 333 g/mol. The topological polar surface area (TPSA) is 50.9 Å². The molecule has 1 aromatic heterocycles. The molecule has 3 nitrogen and oxygen atoms in total. The maximum Gasteiger partial charge on any atom is 0.0410 e. The highest BCUT2D eigenvalue weighted by molar-refractivity contribution is 9.10. The van der Waals surface area contributed by atoms with E-state index < -0.39 is 0 Å². The molecule has 1 heterocycles. The molecule has 0 bridgehead atoms. The summed E-state index contributed by atoms with van der Waals surface area (Å²) in [5.74, 6) is 5.80. The van der Waals surface area contributed by atoms with Crippen LogP contribution in [0.2, 0.25) is 0 Å². The second-order valence-corrected chi connectivity index (χ2v) is 6.44. The van der Waals surface area contributed by atoms with Crippen molar-refractivity contribution < 1.29 is 0 Å². The largest absolute Gasteiger partial charge is 0.271 e. The van der Waals surface area contributed by atoms with E-state index in [1.54, 1.807) is 6.20 Å². The highest BCUT2D eigenvalue weighted by Gasteiger charge is 2.30. The van der Waals surface area contributed by atoms with E-state index in [2.05, 4.69) is 70.5 Å². The van der Waals surface area contributed by atoms with Gasteiger partial charge in [-0.1, -0.05) is 44.2 Å². The molecule has 106 valence electrons. The summed E-state index contributed by atoms with van der Waals surface area (Å²) < 4.78 is 0.989. The molecule has 0 radical (unpaired) electrons. The third kappa shape index (κ3) is 3.45. The normalized spacial score (nSPS) is 13.2. The number of hydrogen-bond donors (Lipinski definition) is 2. The first kappa shape index (κ1) is 15.2. The Bertz CT molecular complexity index is 555. The van der Waals surface area contributed by atoms with Gasteiger partial charge in [-0.2, -0.15) is 0 Å². The van der Waals surface area contributed by atoms with Crippen LogP contribution in [0.15, 0.2) is 53.3 Å². The third-order valence-electron chi connectivity index (χ3n) is 3.79. The first-order valence-electron chi connectivity index (χ1n) is 6.65. The zero-order valence-corrected chi connectivity index (χ0v) is 13.4. The molecule has 0 spiro atoms. The first-order valence-corrected chi connectivity index (χ1v) is 7.44. The van der Waals surface area contributed by atoms with Crippen LogP contribution in [0.4, 0.5) is 0 Å². The van der Waals surface area contributed by atoms with Gasteiger partial charge < -0.3 is 0 Å². The molecule has 20 heavy (non-hydrogen) atoms. The van der Waals surface area contributed by atoms with Crippen LogP contribution in [0.25, 0.3) is 0 Å². The summed E-state index contributed by atoms with van der Waals surface area (Å²) in [6.07, 6.45) is 4.50. The molecular formula is C16H20BrN3. The Kier molecular flexibility index (Phi) is 4.91. The molecule has 3 N–H and O–H groups in total. The molecule has 2 aromatic rings. The van der Waals surface area contributed by atoms with E-state index in [0.717, 1.165) is 16.5 Å². The predicted molar refractivity (Wildman–Crippen MR) is 86.2 cm³/mol. The van der Waals surface area contributed by atoms with Crippen molar-refractivity contribution in [2.24, 2.45) is 5.84 Å². The Morgan fingerprint density at radius 2 is 1.95 bits per heavy atom. The molecular weight excluding hydrogens is 314 g/mol. The number of nitrogens with two attached hydrogens (primary N) is 1. The summed E-state index contributed by atoms with van der Waals surface area (Å²) in [6, 6.07) is 12.6. The number of hydrogen-bond acceptors (Lipinski definition) is 3. The number of nitrogens with one attached hydrogen (secondary N) is 1. The summed E-state index contributed by atoms with van der Waals surface area (Å²) in [6.45, 7) is 4.41. The summed E-state index contributed by atoms with van der Waals surface area (Å²) in [5.41, 5.74) is 5.32. The number of benzene rings is 1. The lowest BCUT2D eigenvalue weighted by Gasteiger charge is -2.34. The van der Waals surface area contributed by atoms with E-state index in [1.165, 1.54) is 5.56 Å². The van der Waals surface area contributed by atoms with Gasteiger partial charge in [0, 0.05) is 28.3 Å². The summed E-state index contributed by atoms with van der Waals surface area (Å²) >= 11 is 3.46. The molecule has 2 rings (SSSR count). The van der Waals surface area contributed by atoms with Crippen molar-refractivity contribution in [2.45, 2.75) is 31.7 Å². The molecule has 0 saturated carbocycles. The van der Waals surface area contributed by atoms with Gasteiger partial charge in [0.1, 0.15) is 0 Å². The highest BCUT2D eigenvalue weighted by Crippen LogP contribution is 2.28. The average Bonchev–Trinajstić information content (AvgIpc) is 2.45. The Balaban J connectivity index is 2.23. The summed E-state index contributed by atoms with van der Waals surface area (Å²) in [4.78, 5) is 4.21. The van der Waals surface area contributed by atoms with E-state index in [1.807, 2.05) is 12.3 Å². The van der Waals surface area contributed by atoms with Gasteiger partial charge in [-0.25, -0.2) is 0 Å². The minimum atomic E-state index is -0.0711. The van der Waals surface area contributed by atoms with E-state index >= 15 is 0 Å². The maximum absolute atomic E-state index is 5.80. The van der Waals surface area contributed by atoms with Gasteiger partial charge in [-0.05, 0) is 39.5 Å². The fourth-order valence-electron chi connectivity index (χ4n) is 2.39. The number of halogens is 1. The van der Waals surface area contributed by atoms with E-state index in [9.17, 15) is 0 Å². The molecule has 0 amide bonds. The Morgan fingerprint density at radius 1 is 1.25 bits per heavy atom. The first-order chi connectivity index (χ1) is 9.54. The zero-order valence-electron chi connectivity index (χ0n) is 11.8. The van der Waals surface area contributed by atoms with Crippen LogP contribution in [-0.4, -0.2) is 11.0 Å². The van der Waals surface area contributed by atoms with Gasteiger partial charge in [0.15, 0.2) is 0 Å². The van der Waals surface area contributed by atoms with Gasteiger partial charge in [0.2, 0.25) is 0 Å². The minimum absolute atomic E-state index is 0.0711. The van der Waals surface area contributed by atoms with Crippen molar-refractivity contribution >= 4 is 15.9 Å². The van der Waals surface area contributed by atoms with E-state index in [0.29, 0.717) is 0 Å². The second kappa shape index (κ2) is 6.48. The third-order valence-corrected chi connectivity index (χ3v) is 4.23. The number of pyridine rings is 1. The van der Waals surface area contributed by atoms with Crippen LogP contribution in [0.5, 0.6) is 0 Å². The number of rotatable bonds is 5. The number of hydrazine groups is 1. The van der Waals surface area contributed by atoms with Crippen molar-refractivity contribution in [1.82, 2.24) is 10.4 Å². The fraction of sp³-hybridized carbons (Fsp3) is 0.312. The summed E-state index contributed by atoms with van der Waals surface area (Å²) in [7, 11) is 0. The van der Waals surface area contributed by atoms with Gasteiger partial charge in [-0.3, -0.25) is 16.3 Å². The second-order valence-electron chi connectivity index (χ2n) is 5.52. The molecule has 0 aliphatic carbocycles. The summed E-state index contributed by atoms with van der Waals surface area (Å²) in [5, 5.41) is 0. The van der Waals surface area contributed by atoms with Crippen LogP contribution in [-0.2, 0) is 11.8 Å². The molecule has 1 unspecified atom stereocenters. The number of aromatic nitrogens is 1. The molecule has 0 aliphatic rings. The smallest absolute Gasteiger partial charge is 0.0410 e. The lowest BCUT2D eigenvalue weighted by atomic mass is 9.76. The molecule has 1 atom stereocenters. The maximum atomic E-state index is 5.80. The minimum Gasteiger partial charge on any atom is -0.271 e. The van der Waals surface area contributed by atoms with Crippen molar-refractivity contribution in [1.29, 1.82) is 0 Å². The van der Waals surface area contributed by atoms with Gasteiger partial charge in [0.25, 0.3) is 0 Å². The SMILES string of the molecule is CC(C)(c1ccccc1)C(Cc1cncc(Br)c1)NN. The van der Waals surface area contributed by atoms with Crippen molar-refractivity contribution in [3.05, 3.63) is 64.4 Å². The molecule has 0 saturated heterocycles. The van der Waals surface area contributed by atoms with Crippen molar-refractivity contribution in [3.8, 4) is 0 Å². The lowest BCUT2D eigenvalue weighted by Crippen LogP contribution is -2.49. The standard InChI is InChI=1S/C16H20BrN3/c1-16(2,13-6-4-3-5-7-13)15(20-18)9-12-8-14(17)11-19-10-12/h3-8,10-11,15,20H,9,18H2,1-2H3. The molecule has 0 aliphatic heterocycles. The van der Waals surface area contributed by atoms with Crippen LogP contribution in [0.3, 0.4) is 0 Å².